The number of pyridine rings is 1. The fraction of sp³-hybridized carbons (Fsp3) is 0.385. The van der Waals surface area contributed by atoms with Crippen molar-refractivity contribution in [1.82, 2.24) is 14.7 Å². The number of imidazole rings is 1. The number of ether oxygens (including phenoxy) is 1. The first-order valence-corrected chi connectivity index (χ1v) is 5.89. The Morgan fingerprint density at radius 1 is 1.56 bits per heavy atom. The molecule has 0 saturated heterocycles. The van der Waals surface area contributed by atoms with E-state index in [1.165, 1.54) is 0 Å². The van der Waals surface area contributed by atoms with E-state index in [0.717, 1.165) is 16.9 Å². The lowest BCUT2D eigenvalue weighted by Crippen LogP contribution is -2.28. The van der Waals surface area contributed by atoms with E-state index >= 15 is 0 Å². The summed E-state index contributed by atoms with van der Waals surface area (Å²) in [5, 5.41) is 2.77. The average molecular weight is 247 g/mol. The van der Waals surface area contributed by atoms with Gasteiger partial charge in [-0.2, -0.15) is 0 Å². The van der Waals surface area contributed by atoms with Crippen LogP contribution >= 0.6 is 0 Å². The van der Waals surface area contributed by atoms with Crippen LogP contribution in [-0.2, 0) is 16.0 Å². The molecule has 2 rings (SSSR count). The van der Waals surface area contributed by atoms with E-state index in [-0.39, 0.29) is 5.91 Å². The van der Waals surface area contributed by atoms with Crippen LogP contribution < -0.4 is 5.32 Å². The second-order valence-corrected chi connectivity index (χ2v) is 4.22. The predicted molar refractivity (Wildman–Crippen MR) is 68.5 cm³/mol. The Morgan fingerprint density at radius 2 is 2.39 bits per heavy atom. The Kier molecular flexibility index (Phi) is 3.94. The molecular weight excluding hydrogens is 230 g/mol. The number of aromatic nitrogens is 2. The third-order valence-electron chi connectivity index (χ3n) is 2.64. The van der Waals surface area contributed by atoms with Crippen LogP contribution in [0.4, 0.5) is 0 Å². The first-order valence-electron chi connectivity index (χ1n) is 5.89. The van der Waals surface area contributed by atoms with Gasteiger partial charge in [-0.15, -0.1) is 0 Å². The third kappa shape index (κ3) is 3.07. The molecule has 0 bridgehead atoms. The number of nitrogens with zero attached hydrogens (tertiary/aromatic N) is 2. The zero-order valence-electron chi connectivity index (χ0n) is 10.6. The molecule has 2 aromatic rings. The van der Waals surface area contributed by atoms with Crippen LogP contribution in [0.25, 0.3) is 5.65 Å². The molecular formula is C13H17N3O2. The Hall–Kier alpha value is -1.88. The first-order chi connectivity index (χ1) is 8.69. The number of methoxy groups -OCH3 is 1. The van der Waals surface area contributed by atoms with E-state index in [1.807, 2.05) is 35.9 Å². The Labute approximate surface area is 106 Å². The summed E-state index contributed by atoms with van der Waals surface area (Å²) >= 11 is 0. The fourth-order valence-corrected chi connectivity index (χ4v) is 1.74. The topological polar surface area (TPSA) is 55.6 Å². The Bertz CT molecular complexity index is 548. The summed E-state index contributed by atoms with van der Waals surface area (Å²) in [5.41, 5.74) is 2.80. The van der Waals surface area contributed by atoms with Gasteiger partial charge in [0.15, 0.2) is 0 Å². The van der Waals surface area contributed by atoms with Gasteiger partial charge in [-0.05, 0) is 24.6 Å². The molecule has 5 heteroatoms. The van der Waals surface area contributed by atoms with Crippen molar-refractivity contribution in [2.45, 2.75) is 13.3 Å². The van der Waals surface area contributed by atoms with Gasteiger partial charge in [-0.25, -0.2) is 4.98 Å². The molecule has 0 radical (unpaired) electrons. The molecule has 0 aliphatic rings. The van der Waals surface area contributed by atoms with Gasteiger partial charge in [0.2, 0.25) is 5.91 Å². The molecule has 0 saturated carbocycles. The lowest BCUT2D eigenvalue weighted by molar-refractivity contribution is -0.120. The normalized spacial score (nSPS) is 10.8. The number of fused-ring (bicyclic) bond motifs is 1. The second-order valence-electron chi connectivity index (χ2n) is 4.22. The molecule has 2 heterocycles. The predicted octanol–water partition coefficient (Wildman–Crippen LogP) is 0.948. The number of carbonyl (C=O) groups is 1. The number of rotatable bonds is 5. The molecule has 0 fully saturated rings. The monoisotopic (exact) mass is 247 g/mol. The van der Waals surface area contributed by atoms with Crippen molar-refractivity contribution < 1.29 is 9.53 Å². The SMILES string of the molecule is COCCNC(=O)Cc1cn2ccc(C)cc2n1. The van der Waals surface area contributed by atoms with Crippen LogP contribution in [0.5, 0.6) is 0 Å². The maximum atomic E-state index is 11.6. The highest BCUT2D eigenvalue weighted by atomic mass is 16.5. The van der Waals surface area contributed by atoms with E-state index in [4.69, 9.17) is 4.74 Å². The first kappa shape index (κ1) is 12.6. The van der Waals surface area contributed by atoms with Gasteiger partial charge in [0.25, 0.3) is 0 Å². The van der Waals surface area contributed by atoms with E-state index in [1.54, 1.807) is 7.11 Å². The molecule has 0 spiro atoms. The van der Waals surface area contributed by atoms with Gasteiger partial charge in [-0.3, -0.25) is 4.79 Å². The Morgan fingerprint density at radius 3 is 3.17 bits per heavy atom. The lowest BCUT2D eigenvalue weighted by Gasteiger charge is -2.01. The maximum Gasteiger partial charge on any atom is 0.226 e. The molecule has 0 atom stereocenters. The number of amides is 1. The Balaban J connectivity index is 2.01. The minimum atomic E-state index is -0.0350. The van der Waals surface area contributed by atoms with Crippen LogP contribution in [0, 0.1) is 6.92 Å². The van der Waals surface area contributed by atoms with Crippen LogP contribution in [0.2, 0.25) is 0 Å². The van der Waals surface area contributed by atoms with Gasteiger partial charge in [0.1, 0.15) is 5.65 Å². The molecule has 96 valence electrons. The van der Waals surface area contributed by atoms with Crippen molar-refractivity contribution >= 4 is 11.6 Å². The minimum Gasteiger partial charge on any atom is -0.383 e. The van der Waals surface area contributed by atoms with Crippen LogP contribution in [0.3, 0.4) is 0 Å². The fourth-order valence-electron chi connectivity index (χ4n) is 1.74. The smallest absolute Gasteiger partial charge is 0.226 e. The van der Waals surface area contributed by atoms with Crippen LogP contribution in [-0.4, -0.2) is 35.6 Å². The molecule has 18 heavy (non-hydrogen) atoms. The van der Waals surface area contributed by atoms with Crippen LogP contribution in [0.15, 0.2) is 24.5 Å². The number of aryl methyl sites for hydroxylation is 1. The number of carbonyl (C=O) groups excluding carboxylic acids is 1. The van der Waals surface area contributed by atoms with Crippen molar-refractivity contribution in [1.29, 1.82) is 0 Å². The quantitative estimate of drug-likeness (QED) is 0.800. The molecule has 0 aliphatic heterocycles. The molecule has 1 amide bonds. The third-order valence-corrected chi connectivity index (χ3v) is 2.64. The van der Waals surface area contributed by atoms with Crippen molar-refractivity contribution in [3.05, 3.63) is 35.8 Å². The molecule has 0 aromatic carbocycles. The van der Waals surface area contributed by atoms with E-state index in [2.05, 4.69) is 10.3 Å². The lowest BCUT2D eigenvalue weighted by atomic mass is 10.3. The van der Waals surface area contributed by atoms with E-state index in [0.29, 0.717) is 19.6 Å². The summed E-state index contributed by atoms with van der Waals surface area (Å²) in [6.45, 7) is 3.07. The van der Waals surface area contributed by atoms with E-state index < -0.39 is 0 Å². The zero-order valence-corrected chi connectivity index (χ0v) is 10.6. The summed E-state index contributed by atoms with van der Waals surface area (Å²) < 4.78 is 6.79. The van der Waals surface area contributed by atoms with E-state index in [9.17, 15) is 4.79 Å². The van der Waals surface area contributed by atoms with Crippen molar-refractivity contribution in [3.8, 4) is 0 Å². The van der Waals surface area contributed by atoms with Crippen molar-refractivity contribution in [3.63, 3.8) is 0 Å². The maximum absolute atomic E-state index is 11.6. The second kappa shape index (κ2) is 5.64. The number of hydrogen-bond donors (Lipinski definition) is 1. The zero-order chi connectivity index (χ0) is 13.0. The van der Waals surface area contributed by atoms with Gasteiger partial charge < -0.3 is 14.5 Å². The number of nitrogens with one attached hydrogen (secondary N) is 1. The van der Waals surface area contributed by atoms with Gasteiger partial charge >= 0.3 is 0 Å². The highest BCUT2D eigenvalue weighted by molar-refractivity contribution is 5.78. The molecule has 0 aliphatic carbocycles. The summed E-state index contributed by atoms with van der Waals surface area (Å²) in [7, 11) is 1.61. The summed E-state index contributed by atoms with van der Waals surface area (Å²) in [4.78, 5) is 16.0. The minimum absolute atomic E-state index is 0.0350. The van der Waals surface area contributed by atoms with Gasteiger partial charge in [0, 0.05) is 26.0 Å². The van der Waals surface area contributed by atoms with Crippen LogP contribution in [0.1, 0.15) is 11.3 Å². The van der Waals surface area contributed by atoms with Crippen molar-refractivity contribution in [2.24, 2.45) is 0 Å². The molecule has 2 aromatic heterocycles. The highest BCUT2D eigenvalue weighted by Gasteiger charge is 2.07. The molecule has 5 nitrogen and oxygen atoms in total. The molecule has 1 N–H and O–H groups in total. The van der Waals surface area contributed by atoms with Gasteiger partial charge in [-0.1, -0.05) is 0 Å². The number of hydrogen-bond acceptors (Lipinski definition) is 3. The largest absolute Gasteiger partial charge is 0.383 e. The molecule has 0 unspecified atom stereocenters. The highest BCUT2D eigenvalue weighted by Crippen LogP contribution is 2.07. The average Bonchev–Trinajstić information content (AvgIpc) is 2.70. The summed E-state index contributed by atoms with van der Waals surface area (Å²) in [6.07, 6.45) is 4.12. The summed E-state index contributed by atoms with van der Waals surface area (Å²) in [6, 6.07) is 4.00. The standard InChI is InChI=1S/C13H17N3O2/c1-10-3-5-16-9-11(15-12(16)7-10)8-13(17)14-4-6-18-2/h3,5,7,9H,4,6,8H2,1-2H3,(H,14,17). The summed E-state index contributed by atoms with van der Waals surface area (Å²) in [5.74, 6) is -0.0350. The van der Waals surface area contributed by atoms with Gasteiger partial charge in [0.05, 0.1) is 18.7 Å². The van der Waals surface area contributed by atoms with Crippen molar-refractivity contribution in [2.75, 3.05) is 20.3 Å².